The molecule has 2 fully saturated rings. The molecule has 5 atom stereocenters. The molecule has 1 aliphatic heterocycles. The van der Waals surface area contributed by atoms with Crippen molar-refractivity contribution in [1.29, 1.82) is 0 Å². The molecule has 162 valence electrons. The van der Waals surface area contributed by atoms with Gasteiger partial charge in [0.25, 0.3) is 0 Å². The van der Waals surface area contributed by atoms with Crippen LogP contribution in [0.4, 0.5) is 0 Å². The monoisotopic (exact) mass is 409 g/mol. The number of amides is 1. The van der Waals surface area contributed by atoms with Gasteiger partial charge in [-0.05, 0) is 42.7 Å². The lowest BCUT2D eigenvalue weighted by molar-refractivity contribution is -0.154. The van der Waals surface area contributed by atoms with Gasteiger partial charge in [-0.15, -0.1) is 0 Å². The summed E-state index contributed by atoms with van der Waals surface area (Å²) in [6.45, 7) is 9.28. The first kappa shape index (κ1) is 21.1. The van der Waals surface area contributed by atoms with Crippen LogP contribution in [-0.2, 0) is 16.1 Å². The Morgan fingerprint density at radius 1 is 1.30 bits per heavy atom. The molecule has 0 radical (unpaired) electrons. The average Bonchev–Trinajstić information content (AvgIpc) is 3.20. The third-order valence-corrected chi connectivity index (χ3v) is 7.11. The Balaban J connectivity index is 1.55. The lowest BCUT2D eigenvalue weighted by atomic mass is 9.66. The summed E-state index contributed by atoms with van der Waals surface area (Å²) in [4.78, 5) is 16.9. The summed E-state index contributed by atoms with van der Waals surface area (Å²) >= 11 is 0. The Morgan fingerprint density at radius 3 is 2.73 bits per heavy atom. The zero-order chi connectivity index (χ0) is 21.3. The van der Waals surface area contributed by atoms with Gasteiger partial charge in [-0.3, -0.25) is 4.79 Å². The second kappa shape index (κ2) is 8.54. The minimum absolute atomic E-state index is 0.0105. The van der Waals surface area contributed by atoms with Gasteiger partial charge in [0.15, 0.2) is 0 Å². The SMILES string of the molecule is CC(C)c1ccc([C@H]2C[C@](C)(NC(=O)Cn3ccnc3)[C@@H]3CC[C@@H](C)C[C@H]3O2)cc1. The summed E-state index contributed by atoms with van der Waals surface area (Å²) < 4.78 is 8.48. The van der Waals surface area contributed by atoms with Crippen molar-refractivity contribution < 1.29 is 9.53 Å². The number of carbonyl (C=O) groups excluding carboxylic acids is 1. The normalized spacial score (nSPS) is 31.4. The number of hydrogen-bond donors (Lipinski definition) is 1. The highest BCUT2D eigenvalue weighted by molar-refractivity contribution is 5.76. The van der Waals surface area contributed by atoms with E-state index in [0.29, 0.717) is 24.3 Å². The largest absolute Gasteiger partial charge is 0.370 e. The van der Waals surface area contributed by atoms with E-state index >= 15 is 0 Å². The van der Waals surface area contributed by atoms with Crippen LogP contribution in [0.1, 0.15) is 76.5 Å². The lowest BCUT2D eigenvalue weighted by Gasteiger charge is -2.52. The van der Waals surface area contributed by atoms with Crippen molar-refractivity contribution in [2.45, 2.75) is 83.6 Å². The van der Waals surface area contributed by atoms with Gasteiger partial charge in [0.05, 0.1) is 18.5 Å². The molecule has 1 aromatic heterocycles. The number of ether oxygens (including phenoxy) is 1. The molecule has 1 aromatic carbocycles. The summed E-state index contributed by atoms with van der Waals surface area (Å²) in [7, 11) is 0. The molecule has 1 amide bonds. The second-order valence-corrected chi connectivity index (χ2v) is 9.91. The summed E-state index contributed by atoms with van der Waals surface area (Å²) in [5.41, 5.74) is 2.28. The molecular weight excluding hydrogens is 374 g/mol. The molecule has 5 heteroatoms. The number of hydrogen-bond acceptors (Lipinski definition) is 3. The van der Waals surface area contributed by atoms with E-state index in [0.717, 1.165) is 19.3 Å². The van der Waals surface area contributed by atoms with Crippen LogP contribution in [0.25, 0.3) is 0 Å². The molecule has 5 nitrogen and oxygen atoms in total. The fourth-order valence-electron chi connectivity index (χ4n) is 5.34. The van der Waals surface area contributed by atoms with Crippen molar-refractivity contribution in [3.63, 3.8) is 0 Å². The van der Waals surface area contributed by atoms with Crippen LogP contribution < -0.4 is 5.32 Å². The van der Waals surface area contributed by atoms with Gasteiger partial charge in [-0.1, -0.05) is 51.5 Å². The van der Waals surface area contributed by atoms with Gasteiger partial charge in [-0.2, -0.15) is 0 Å². The minimum Gasteiger partial charge on any atom is -0.370 e. The van der Waals surface area contributed by atoms with Crippen LogP contribution in [-0.4, -0.2) is 27.1 Å². The number of carbonyl (C=O) groups is 1. The molecular formula is C25H35N3O2. The highest BCUT2D eigenvalue weighted by Gasteiger charge is 2.49. The smallest absolute Gasteiger partial charge is 0.240 e. The number of aromatic nitrogens is 2. The maximum atomic E-state index is 12.9. The van der Waals surface area contributed by atoms with Gasteiger partial charge in [0.2, 0.25) is 5.91 Å². The third kappa shape index (κ3) is 4.46. The predicted molar refractivity (Wildman–Crippen MR) is 118 cm³/mol. The Labute approximate surface area is 180 Å². The Kier molecular flexibility index (Phi) is 6.01. The van der Waals surface area contributed by atoms with Crippen LogP contribution in [0.3, 0.4) is 0 Å². The van der Waals surface area contributed by atoms with Crippen LogP contribution in [0, 0.1) is 11.8 Å². The van der Waals surface area contributed by atoms with E-state index in [1.165, 1.54) is 17.5 Å². The van der Waals surface area contributed by atoms with Crippen LogP contribution in [0.5, 0.6) is 0 Å². The van der Waals surface area contributed by atoms with E-state index in [4.69, 9.17) is 4.74 Å². The first-order valence-electron chi connectivity index (χ1n) is 11.4. The quantitative estimate of drug-likeness (QED) is 0.768. The molecule has 1 N–H and O–H groups in total. The van der Waals surface area contributed by atoms with Crippen molar-refractivity contribution in [3.05, 3.63) is 54.1 Å². The van der Waals surface area contributed by atoms with E-state index in [9.17, 15) is 4.79 Å². The number of fused-ring (bicyclic) bond motifs is 1. The average molecular weight is 410 g/mol. The summed E-state index contributed by atoms with van der Waals surface area (Å²) in [6.07, 6.45) is 9.60. The minimum atomic E-state index is -0.276. The molecule has 1 aliphatic carbocycles. The number of imidazole rings is 1. The van der Waals surface area contributed by atoms with Crippen LogP contribution in [0.15, 0.2) is 43.0 Å². The maximum Gasteiger partial charge on any atom is 0.240 e. The van der Waals surface area contributed by atoms with E-state index in [1.807, 2.05) is 10.8 Å². The summed E-state index contributed by atoms with van der Waals surface area (Å²) in [5, 5.41) is 3.41. The van der Waals surface area contributed by atoms with Gasteiger partial charge in [0, 0.05) is 30.3 Å². The van der Waals surface area contributed by atoms with Gasteiger partial charge >= 0.3 is 0 Å². The van der Waals surface area contributed by atoms with E-state index in [1.54, 1.807) is 12.5 Å². The Hall–Kier alpha value is -2.14. The number of benzene rings is 1. The summed E-state index contributed by atoms with van der Waals surface area (Å²) in [5.74, 6) is 1.58. The van der Waals surface area contributed by atoms with Crippen LogP contribution >= 0.6 is 0 Å². The Bertz CT molecular complexity index is 846. The van der Waals surface area contributed by atoms with Crippen molar-refractivity contribution in [3.8, 4) is 0 Å². The molecule has 30 heavy (non-hydrogen) atoms. The molecule has 2 aromatic rings. The molecule has 1 saturated carbocycles. The first-order chi connectivity index (χ1) is 14.3. The van der Waals surface area contributed by atoms with Crippen molar-refractivity contribution in [2.24, 2.45) is 11.8 Å². The van der Waals surface area contributed by atoms with E-state index < -0.39 is 0 Å². The summed E-state index contributed by atoms with van der Waals surface area (Å²) in [6, 6.07) is 8.85. The molecule has 2 aliphatic rings. The highest BCUT2D eigenvalue weighted by atomic mass is 16.5. The Morgan fingerprint density at radius 2 is 2.07 bits per heavy atom. The van der Waals surface area contributed by atoms with Gasteiger partial charge in [-0.25, -0.2) is 4.98 Å². The zero-order valence-corrected chi connectivity index (χ0v) is 18.7. The lowest BCUT2D eigenvalue weighted by Crippen LogP contribution is -2.60. The van der Waals surface area contributed by atoms with Crippen molar-refractivity contribution in [1.82, 2.24) is 14.9 Å². The molecule has 0 unspecified atom stereocenters. The number of nitrogens with zero attached hydrogens (tertiary/aromatic N) is 2. The third-order valence-electron chi connectivity index (χ3n) is 7.11. The standard InChI is InChI=1S/C25H35N3O2/c1-17(2)19-6-8-20(9-7-19)23-14-25(4,21-10-5-18(3)13-22(21)30-23)27-24(29)15-28-12-11-26-16-28/h6-9,11-12,16-18,21-23H,5,10,13-15H2,1-4H3,(H,27,29)/t18-,21-,22-,23-,25+/m1/s1. The maximum absolute atomic E-state index is 12.9. The number of nitrogens with one attached hydrogen (secondary N) is 1. The molecule has 2 heterocycles. The molecule has 4 rings (SSSR count). The highest BCUT2D eigenvalue weighted by Crippen LogP contribution is 2.48. The number of rotatable bonds is 5. The van der Waals surface area contributed by atoms with E-state index in [2.05, 4.69) is 62.3 Å². The molecule has 0 spiro atoms. The van der Waals surface area contributed by atoms with Crippen molar-refractivity contribution in [2.75, 3.05) is 0 Å². The topological polar surface area (TPSA) is 56.2 Å². The fraction of sp³-hybridized carbons (Fsp3) is 0.600. The first-order valence-corrected chi connectivity index (χ1v) is 11.4. The van der Waals surface area contributed by atoms with Gasteiger partial charge in [0.1, 0.15) is 6.54 Å². The van der Waals surface area contributed by atoms with Crippen molar-refractivity contribution >= 4 is 5.91 Å². The second-order valence-electron chi connectivity index (χ2n) is 9.91. The zero-order valence-electron chi connectivity index (χ0n) is 18.7. The molecule has 1 saturated heterocycles. The van der Waals surface area contributed by atoms with Crippen LogP contribution in [0.2, 0.25) is 0 Å². The molecule has 0 bridgehead atoms. The van der Waals surface area contributed by atoms with E-state index in [-0.39, 0.29) is 23.7 Å². The fourth-order valence-corrected chi connectivity index (χ4v) is 5.34. The van der Waals surface area contributed by atoms with Gasteiger partial charge < -0.3 is 14.6 Å². The predicted octanol–water partition coefficient (Wildman–Crippen LogP) is 4.85.